The predicted molar refractivity (Wildman–Crippen MR) is 105 cm³/mol. The molecule has 8 heteroatoms. The summed E-state index contributed by atoms with van der Waals surface area (Å²) in [5, 5.41) is 5.37. The minimum atomic E-state index is -0.989. The van der Waals surface area contributed by atoms with Crippen molar-refractivity contribution in [3.05, 3.63) is 53.6 Å². The lowest BCUT2D eigenvalue weighted by molar-refractivity contribution is -0.153. The highest BCUT2D eigenvalue weighted by atomic mass is 35.5. The second-order valence-electron chi connectivity index (χ2n) is 5.92. The van der Waals surface area contributed by atoms with Gasteiger partial charge in [0.1, 0.15) is 0 Å². The third-order valence-electron chi connectivity index (χ3n) is 3.85. The number of hydrogen-bond acceptors (Lipinski definition) is 5. The van der Waals surface area contributed by atoms with Crippen molar-refractivity contribution in [2.45, 2.75) is 29.6 Å². The number of halogens is 1. The van der Waals surface area contributed by atoms with Gasteiger partial charge in [-0.3, -0.25) is 14.4 Å². The molecule has 0 unspecified atom stereocenters. The monoisotopic (exact) mass is 404 g/mol. The molecule has 1 aliphatic rings. The number of nitrogens with one attached hydrogen (secondary N) is 2. The van der Waals surface area contributed by atoms with Crippen molar-refractivity contribution in [2.24, 2.45) is 0 Å². The van der Waals surface area contributed by atoms with Gasteiger partial charge in [0, 0.05) is 15.6 Å². The maximum absolute atomic E-state index is 12.2. The largest absolute Gasteiger partial charge is 0.452 e. The summed E-state index contributed by atoms with van der Waals surface area (Å²) in [5.41, 5.74) is 1.28. The lowest BCUT2D eigenvalue weighted by Crippen LogP contribution is -2.34. The number of ether oxygens (including phenoxy) is 1. The van der Waals surface area contributed by atoms with Crippen LogP contribution in [-0.2, 0) is 19.1 Å². The van der Waals surface area contributed by atoms with Crippen LogP contribution in [-0.4, -0.2) is 29.1 Å². The van der Waals surface area contributed by atoms with Gasteiger partial charge in [-0.05, 0) is 43.3 Å². The lowest BCUT2D eigenvalue weighted by Gasteiger charge is -2.23. The van der Waals surface area contributed by atoms with E-state index in [2.05, 4.69) is 10.6 Å². The Bertz CT molecular complexity index is 872. The van der Waals surface area contributed by atoms with E-state index < -0.39 is 23.2 Å². The van der Waals surface area contributed by atoms with Gasteiger partial charge in [0.2, 0.25) is 5.91 Å². The van der Waals surface area contributed by atoms with E-state index in [9.17, 15) is 14.4 Å². The van der Waals surface area contributed by atoms with Gasteiger partial charge < -0.3 is 15.4 Å². The minimum absolute atomic E-state index is 0.122. The molecule has 0 fully saturated rings. The highest BCUT2D eigenvalue weighted by Gasteiger charge is 2.30. The Morgan fingerprint density at radius 1 is 1.22 bits per heavy atom. The first-order valence-corrected chi connectivity index (χ1v) is 9.50. The Morgan fingerprint density at radius 2 is 1.93 bits per heavy atom. The molecule has 2 aromatic carbocycles. The normalized spacial score (nSPS) is 16.7. The Labute approximate surface area is 165 Å². The summed E-state index contributed by atoms with van der Waals surface area (Å²) in [6, 6.07) is 14.0. The fourth-order valence-electron chi connectivity index (χ4n) is 2.45. The molecule has 140 valence electrons. The number of para-hydroxylation sites is 1. The summed E-state index contributed by atoms with van der Waals surface area (Å²) in [7, 11) is 0. The summed E-state index contributed by atoms with van der Waals surface area (Å²) < 4.78 is 5.18. The van der Waals surface area contributed by atoms with E-state index in [4.69, 9.17) is 16.3 Å². The first-order chi connectivity index (χ1) is 12.9. The molecule has 0 saturated heterocycles. The summed E-state index contributed by atoms with van der Waals surface area (Å²) >= 11 is 7.11. The number of carbonyl (C=O) groups is 3. The standard InChI is InChI=1S/C19H17ClN2O4S/c1-11(18(24)21-13-8-6-12(20)7-9-13)26-17(23)10-16-19(25)22-14-4-2-3-5-15(14)27-16/h2-9,11,16H,10H2,1H3,(H,21,24)(H,22,25)/t11-,16+/m1/s1. The van der Waals surface area contributed by atoms with E-state index in [1.165, 1.54) is 18.7 Å². The van der Waals surface area contributed by atoms with Gasteiger partial charge in [-0.15, -0.1) is 11.8 Å². The van der Waals surface area contributed by atoms with Gasteiger partial charge in [-0.25, -0.2) is 0 Å². The lowest BCUT2D eigenvalue weighted by atomic mass is 10.2. The molecule has 0 aromatic heterocycles. The Morgan fingerprint density at radius 3 is 2.67 bits per heavy atom. The fraction of sp³-hybridized carbons (Fsp3) is 0.211. The van der Waals surface area contributed by atoms with Crippen LogP contribution in [0.15, 0.2) is 53.4 Å². The molecule has 2 atom stereocenters. The maximum atomic E-state index is 12.2. The zero-order chi connectivity index (χ0) is 19.4. The van der Waals surface area contributed by atoms with Gasteiger partial charge in [-0.1, -0.05) is 23.7 Å². The summed E-state index contributed by atoms with van der Waals surface area (Å²) in [6.07, 6.45) is -1.11. The summed E-state index contributed by atoms with van der Waals surface area (Å²) in [4.78, 5) is 37.4. The highest BCUT2D eigenvalue weighted by Crippen LogP contribution is 2.36. The van der Waals surface area contributed by atoms with Crippen molar-refractivity contribution in [3.8, 4) is 0 Å². The molecule has 27 heavy (non-hydrogen) atoms. The van der Waals surface area contributed by atoms with Crippen molar-refractivity contribution >= 4 is 52.5 Å². The average molecular weight is 405 g/mol. The molecular weight excluding hydrogens is 388 g/mol. The number of carbonyl (C=O) groups excluding carboxylic acids is 3. The zero-order valence-corrected chi connectivity index (χ0v) is 16.0. The Hall–Kier alpha value is -2.51. The third-order valence-corrected chi connectivity index (χ3v) is 5.38. The molecule has 0 radical (unpaired) electrons. The SMILES string of the molecule is C[C@@H](OC(=O)C[C@@H]1Sc2ccccc2NC1=O)C(=O)Nc1ccc(Cl)cc1. The molecule has 2 aromatic rings. The minimum Gasteiger partial charge on any atom is -0.452 e. The smallest absolute Gasteiger partial charge is 0.308 e. The van der Waals surface area contributed by atoms with Crippen LogP contribution in [0.4, 0.5) is 11.4 Å². The second kappa shape index (κ2) is 8.45. The van der Waals surface area contributed by atoms with E-state index in [-0.39, 0.29) is 12.3 Å². The van der Waals surface area contributed by atoms with Crippen LogP contribution in [0.5, 0.6) is 0 Å². The molecule has 2 N–H and O–H groups in total. The van der Waals surface area contributed by atoms with Gasteiger partial charge in [0.25, 0.3) is 5.91 Å². The molecule has 0 aliphatic carbocycles. The van der Waals surface area contributed by atoms with Gasteiger partial charge >= 0.3 is 5.97 Å². The van der Waals surface area contributed by atoms with Crippen molar-refractivity contribution in [1.82, 2.24) is 0 Å². The van der Waals surface area contributed by atoms with Gasteiger partial charge in [0.15, 0.2) is 6.10 Å². The molecule has 3 rings (SSSR count). The first-order valence-electron chi connectivity index (χ1n) is 8.25. The molecule has 0 saturated carbocycles. The van der Waals surface area contributed by atoms with Crippen molar-refractivity contribution in [2.75, 3.05) is 10.6 Å². The summed E-state index contributed by atoms with van der Waals surface area (Å²) in [6.45, 7) is 1.48. The average Bonchev–Trinajstić information content (AvgIpc) is 2.64. The van der Waals surface area contributed by atoms with E-state index in [0.717, 1.165) is 10.6 Å². The van der Waals surface area contributed by atoms with Crippen LogP contribution in [0, 0.1) is 0 Å². The van der Waals surface area contributed by atoms with Crippen molar-refractivity contribution in [3.63, 3.8) is 0 Å². The number of fused-ring (bicyclic) bond motifs is 1. The number of benzene rings is 2. The Balaban J connectivity index is 1.53. The summed E-state index contributed by atoms with van der Waals surface area (Å²) in [5.74, 6) is -1.33. The topological polar surface area (TPSA) is 84.5 Å². The van der Waals surface area contributed by atoms with E-state index in [1.54, 1.807) is 30.3 Å². The molecular formula is C19H17ClN2O4S. The zero-order valence-electron chi connectivity index (χ0n) is 14.4. The van der Waals surface area contributed by atoms with Crippen LogP contribution in [0.2, 0.25) is 5.02 Å². The number of thioether (sulfide) groups is 1. The first kappa shape index (κ1) is 19.3. The van der Waals surface area contributed by atoms with Gasteiger partial charge in [-0.2, -0.15) is 0 Å². The van der Waals surface area contributed by atoms with Crippen LogP contribution in [0.3, 0.4) is 0 Å². The molecule has 0 bridgehead atoms. The molecule has 1 aliphatic heterocycles. The molecule has 6 nitrogen and oxygen atoms in total. The Kier molecular flexibility index (Phi) is 6.03. The van der Waals surface area contributed by atoms with E-state index in [0.29, 0.717) is 10.7 Å². The molecule has 1 heterocycles. The fourth-order valence-corrected chi connectivity index (χ4v) is 3.68. The van der Waals surface area contributed by atoms with E-state index in [1.807, 2.05) is 18.2 Å². The second-order valence-corrected chi connectivity index (χ2v) is 7.61. The quantitative estimate of drug-likeness (QED) is 0.742. The van der Waals surface area contributed by atoms with Crippen LogP contribution in [0.1, 0.15) is 13.3 Å². The maximum Gasteiger partial charge on any atom is 0.308 e. The van der Waals surface area contributed by atoms with Crippen LogP contribution < -0.4 is 10.6 Å². The number of hydrogen-bond donors (Lipinski definition) is 2. The highest BCUT2D eigenvalue weighted by molar-refractivity contribution is 8.01. The number of amides is 2. The molecule has 2 amide bonds. The van der Waals surface area contributed by atoms with Gasteiger partial charge in [0.05, 0.1) is 17.4 Å². The van der Waals surface area contributed by atoms with E-state index >= 15 is 0 Å². The predicted octanol–water partition coefficient (Wildman–Crippen LogP) is 3.71. The van der Waals surface area contributed by atoms with Crippen LogP contribution in [0.25, 0.3) is 0 Å². The molecule has 0 spiro atoms. The third kappa shape index (κ3) is 5.02. The number of esters is 1. The van der Waals surface area contributed by atoms with Crippen molar-refractivity contribution in [1.29, 1.82) is 0 Å². The van der Waals surface area contributed by atoms with Crippen molar-refractivity contribution < 1.29 is 19.1 Å². The number of rotatable bonds is 5. The number of anilines is 2. The van der Waals surface area contributed by atoms with Crippen LogP contribution >= 0.6 is 23.4 Å².